The fourth-order valence-corrected chi connectivity index (χ4v) is 5.15. The van der Waals surface area contributed by atoms with Gasteiger partial charge >= 0.3 is 0 Å². The van der Waals surface area contributed by atoms with Crippen LogP contribution in [0.4, 0.5) is 0 Å². The minimum absolute atomic E-state index is 0.0905. The van der Waals surface area contributed by atoms with Crippen LogP contribution in [0.2, 0.25) is 0 Å². The molecule has 36 heavy (non-hydrogen) atoms. The van der Waals surface area contributed by atoms with Crippen molar-refractivity contribution in [3.63, 3.8) is 0 Å². The van der Waals surface area contributed by atoms with Crippen molar-refractivity contribution in [2.45, 2.75) is 200 Å². The number of rotatable bonds is 30. The van der Waals surface area contributed by atoms with Crippen LogP contribution >= 0.6 is 0 Å². The molecule has 1 unspecified atom stereocenters. The lowest BCUT2D eigenvalue weighted by molar-refractivity contribution is -0.127. The van der Waals surface area contributed by atoms with Gasteiger partial charge in [-0.15, -0.1) is 0 Å². The molecule has 1 N–H and O–H groups in total. The van der Waals surface area contributed by atoms with Gasteiger partial charge in [0.2, 0.25) is 0 Å². The average molecular weight is 509 g/mol. The second-order valence-electron chi connectivity index (χ2n) is 11.4. The van der Waals surface area contributed by atoms with E-state index in [9.17, 15) is 14.7 Å². The summed E-state index contributed by atoms with van der Waals surface area (Å²) in [6, 6.07) is 0. The lowest BCUT2D eigenvalue weighted by atomic mass is 10.0. The molecule has 214 valence electrons. The predicted octanol–water partition coefficient (Wildman–Crippen LogP) is 10.4. The molecule has 0 aromatic heterocycles. The molecule has 0 saturated carbocycles. The number of Topliss-reactive ketones (excluding diaryl/α,β-unsaturated/α-hetero) is 2. The van der Waals surface area contributed by atoms with Gasteiger partial charge in [0, 0.05) is 12.8 Å². The molecule has 0 aromatic carbocycles. The Hall–Kier alpha value is -0.700. The minimum atomic E-state index is -0.0905. The van der Waals surface area contributed by atoms with Crippen LogP contribution in [0.25, 0.3) is 0 Å². The number of aliphatic hydroxyl groups excluding tert-OH is 1. The molecule has 0 heterocycles. The minimum Gasteiger partial charge on any atom is -0.393 e. The van der Waals surface area contributed by atoms with Crippen LogP contribution in [0.5, 0.6) is 0 Å². The highest BCUT2D eigenvalue weighted by molar-refractivity contribution is 5.98. The molecule has 0 saturated heterocycles. The maximum Gasteiger partial charge on any atom is 0.140 e. The number of ketones is 2. The van der Waals surface area contributed by atoms with Crippen LogP contribution in [0.3, 0.4) is 0 Å². The van der Waals surface area contributed by atoms with Crippen LogP contribution in [0.15, 0.2) is 0 Å². The fraction of sp³-hybridized carbons (Fsp3) is 0.939. The summed E-state index contributed by atoms with van der Waals surface area (Å²) >= 11 is 0. The largest absolute Gasteiger partial charge is 0.393 e. The first kappa shape index (κ1) is 35.3. The van der Waals surface area contributed by atoms with E-state index in [2.05, 4.69) is 13.8 Å². The van der Waals surface area contributed by atoms with Gasteiger partial charge in [-0.25, -0.2) is 0 Å². The monoisotopic (exact) mass is 508 g/mol. The molecular formula is C33H64O3. The molecule has 0 amide bonds. The van der Waals surface area contributed by atoms with E-state index in [1.54, 1.807) is 0 Å². The number of hydrogen-bond acceptors (Lipinski definition) is 3. The highest BCUT2D eigenvalue weighted by atomic mass is 16.3. The SMILES string of the molecule is CCCCCCCCCCCCCCCC(=O)CC(=O)CCCCCCCCCCCC(O)CCC. The highest BCUT2D eigenvalue weighted by Crippen LogP contribution is 2.15. The zero-order valence-electron chi connectivity index (χ0n) is 24.6. The van der Waals surface area contributed by atoms with Crippen molar-refractivity contribution in [1.82, 2.24) is 0 Å². The number of carbonyl (C=O) groups is 2. The van der Waals surface area contributed by atoms with Crippen molar-refractivity contribution in [3.05, 3.63) is 0 Å². The number of carbonyl (C=O) groups excluding carboxylic acids is 2. The summed E-state index contributed by atoms with van der Waals surface area (Å²) in [5, 5.41) is 9.73. The van der Waals surface area contributed by atoms with Crippen molar-refractivity contribution in [2.75, 3.05) is 0 Å². The summed E-state index contributed by atoms with van der Waals surface area (Å²) in [6.45, 7) is 4.40. The van der Waals surface area contributed by atoms with E-state index in [1.807, 2.05) is 0 Å². The van der Waals surface area contributed by atoms with E-state index in [-0.39, 0.29) is 24.1 Å². The molecule has 0 aliphatic heterocycles. The number of aliphatic hydroxyl groups is 1. The molecule has 0 radical (unpaired) electrons. The zero-order chi connectivity index (χ0) is 26.5. The first-order chi connectivity index (χ1) is 17.6. The first-order valence-electron chi connectivity index (χ1n) is 16.3. The van der Waals surface area contributed by atoms with Gasteiger partial charge in [-0.05, 0) is 25.7 Å². The molecule has 0 fully saturated rings. The van der Waals surface area contributed by atoms with Gasteiger partial charge in [-0.2, -0.15) is 0 Å². The van der Waals surface area contributed by atoms with E-state index in [4.69, 9.17) is 0 Å². The van der Waals surface area contributed by atoms with Crippen molar-refractivity contribution >= 4 is 11.6 Å². The quantitative estimate of drug-likeness (QED) is 0.0775. The van der Waals surface area contributed by atoms with Gasteiger partial charge in [0.15, 0.2) is 0 Å². The highest BCUT2D eigenvalue weighted by Gasteiger charge is 2.09. The second kappa shape index (κ2) is 28.9. The van der Waals surface area contributed by atoms with Gasteiger partial charge in [-0.3, -0.25) is 9.59 Å². The van der Waals surface area contributed by atoms with Gasteiger partial charge < -0.3 is 5.11 Å². The van der Waals surface area contributed by atoms with E-state index in [1.165, 1.54) is 109 Å². The molecule has 0 spiro atoms. The Morgan fingerprint density at radius 3 is 1.14 bits per heavy atom. The maximum atomic E-state index is 12.1. The Labute approximate surface area is 226 Å². The van der Waals surface area contributed by atoms with Crippen LogP contribution in [0.1, 0.15) is 194 Å². The van der Waals surface area contributed by atoms with Crippen molar-refractivity contribution < 1.29 is 14.7 Å². The Bertz CT molecular complexity index is 474. The normalized spacial score (nSPS) is 12.2. The smallest absolute Gasteiger partial charge is 0.140 e. The summed E-state index contributed by atoms with van der Waals surface area (Å²) in [6.07, 6.45) is 32.1. The molecule has 1 atom stereocenters. The summed E-state index contributed by atoms with van der Waals surface area (Å²) in [5.74, 6) is 0.310. The van der Waals surface area contributed by atoms with Crippen molar-refractivity contribution in [2.24, 2.45) is 0 Å². The molecule has 0 aliphatic rings. The van der Waals surface area contributed by atoms with Crippen LogP contribution in [-0.2, 0) is 9.59 Å². The maximum absolute atomic E-state index is 12.1. The van der Waals surface area contributed by atoms with Gasteiger partial charge in [-0.1, -0.05) is 149 Å². The van der Waals surface area contributed by atoms with E-state index in [0.717, 1.165) is 51.4 Å². The van der Waals surface area contributed by atoms with Crippen LogP contribution < -0.4 is 0 Å². The Kier molecular flexibility index (Phi) is 28.3. The fourth-order valence-electron chi connectivity index (χ4n) is 5.15. The molecular weight excluding hydrogens is 444 g/mol. The third-order valence-corrected chi connectivity index (χ3v) is 7.57. The van der Waals surface area contributed by atoms with Gasteiger partial charge in [0.1, 0.15) is 11.6 Å². The molecule has 0 aliphatic carbocycles. The van der Waals surface area contributed by atoms with Crippen molar-refractivity contribution in [3.8, 4) is 0 Å². The summed E-state index contributed by atoms with van der Waals surface area (Å²) < 4.78 is 0. The summed E-state index contributed by atoms with van der Waals surface area (Å²) in [5.41, 5.74) is 0. The third kappa shape index (κ3) is 27.9. The summed E-state index contributed by atoms with van der Waals surface area (Å²) in [4.78, 5) is 24.1. The van der Waals surface area contributed by atoms with E-state index >= 15 is 0 Å². The van der Waals surface area contributed by atoms with Gasteiger partial charge in [0.05, 0.1) is 12.5 Å². The number of hydrogen-bond donors (Lipinski definition) is 1. The lowest BCUT2D eigenvalue weighted by Gasteiger charge is -2.08. The topological polar surface area (TPSA) is 54.4 Å². The Morgan fingerprint density at radius 1 is 0.444 bits per heavy atom. The third-order valence-electron chi connectivity index (χ3n) is 7.57. The van der Waals surface area contributed by atoms with Crippen LogP contribution in [0, 0.1) is 0 Å². The first-order valence-corrected chi connectivity index (χ1v) is 16.3. The van der Waals surface area contributed by atoms with E-state index in [0.29, 0.717) is 12.8 Å². The van der Waals surface area contributed by atoms with Crippen molar-refractivity contribution in [1.29, 1.82) is 0 Å². The molecule has 0 rings (SSSR count). The lowest BCUT2D eigenvalue weighted by Crippen LogP contribution is -2.07. The Morgan fingerprint density at radius 2 is 0.778 bits per heavy atom. The molecule has 3 nitrogen and oxygen atoms in total. The van der Waals surface area contributed by atoms with Gasteiger partial charge in [0.25, 0.3) is 0 Å². The molecule has 0 bridgehead atoms. The average Bonchev–Trinajstić information content (AvgIpc) is 2.85. The molecule has 0 aromatic rings. The standard InChI is InChI=1S/C33H64O3/c1-3-5-6-7-8-9-10-11-12-14-18-21-24-28-32(35)30-33(36)29-25-22-19-16-13-15-17-20-23-27-31(34)26-4-2/h31,34H,3-30H2,1-2H3. The van der Waals surface area contributed by atoms with Crippen LogP contribution in [-0.4, -0.2) is 22.8 Å². The molecule has 3 heteroatoms. The zero-order valence-corrected chi connectivity index (χ0v) is 24.6. The summed E-state index contributed by atoms with van der Waals surface area (Å²) in [7, 11) is 0. The predicted molar refractivity (Wildman–Crippen MR) is 157 cm³/mol. The van der Waals surface area contributed by atoms with E-state index < -0.39 is 0 Å². The second-order valence-corrected chi connectivity index (χ2v) is 11.4. The number of unbranched alkanes of at least 4 members (excludes halogenated alkanes) is 20. The Balaban J connectivity index is 3.32.